The van der Waals surface area contributed by atoms with E-state index in [0.717, 1.165) is 38.0 Å². The zero-order valence-electron chi connectivity index (χ0n) is 22.8. The van der Waals surface area contributed by atoms with Crippen molar-refractivity contribution in [2.75, 3.05) is 39.3 Å². The van der Waals surface area contributed by atoms with Crippen molar-refractivity contribution in [2.45, 2.75) is 66.1 Å². The van der Waals surface area contributed by atoms with Crippen molar-refractivity contribution in [1.29, 1.82) is 0 Å². The minimum atomic E-state index is -0.242. The average Bonchev–Trinajstić information content (AvgIpc) is 3.28. The maximum atomic E-state index is 13.5. The Balaban J connectivity index is 1.66. The lowest BCUT2D eigenvalue weighted by Crippen LogP contribution is -2.42. The van der Waals surface area contributed by atoms with Gasteiger partial charge in [-0.15, -0.1) is 0 Å². The van der Waals surface area contributed by atoms with E-state index in [1.54, 1.807) is 15.6 Å². The summed E-state index contributed by atoms with van der Waals surface area (Å²) in [5.41, 5.74) is 1.76. The number of benzene rings is 1. The standard InChI is InChI=1S/C28H42N6O3/c1-5-22(4)33(18-14-26(35)29-15-19-31(6-2)7-3)27(36)24-20-25-28(37)32(16-11-17-34(25)30-24)21-23-12-9-8-10-13-23/h8-10,12-13,20,22H,5-7,11,14-19,21H2,1-4H3,(H,29,35). The number of hydrogen-bond acceptors (Lipinski definition) is 5. The molecule has 37 heavy (non-hydrogen) atoms. The second-order valence-electron chi connectivity index (χ2n) is 9.59. The van der Waals surface area contributed by atoms with Crippen LogP contribution < -0.4 is 5.32 Å². The van der Waals surface area contributed by atoms with Crippen LogP contribution in [0.2, 0.25) is 0 Å². The van der Waals surface area contributed by atoms with Gasteiger partial charge >= 0.3 is 0 Å². The minimum absolute atomic E-state index is 0.0530. The van der Waals surface area contributed by atoms with Crippen LogP contribution in [-0.4, -0.2) is 87.5 Å². The highest BCUT2D eigenvalue weighted by atomic mass is 16.2. The summed E-state index contributed by atoms with van der Waals surface area (Å²) in [5.74, 6) is -0.426. The molecule has 0 saturated heterocycles. The molecule has 1 aliphatic rings. The van der Waals surface area contributed by atoms with E-state index in [2.05, 4.69) is 29.2 Å². The van der Waals surface area contributed by atoms with Crippen molar-refractivity contribution in [3.05, 3.63) is 53.3 Å². The van der Waals surface area contributed by atoms with Gasteiger partial charge in [-0.25, -0.2) is 0 Å². The Morgan fingerprint density at radius 1 is 1.08 bits per heavy atom. The van der Waals surface area contributed by atoms with Gasteiger partial charge in [-0.2, -0.15) is 5.10 Å². The summed E-state index contributed by atoms with van der Waals surface area (Å²) in [6.07, 6.45) is 1.75. The van der Waals surface area contributed by atoms with Crippen LogP contribution in [0.1, 0.15) is 73.5 Å². The Bertz CT molecular complexity index is 1030. The van der Waals surface area contributed by atoms with E-state index in [0.29, 0.717) is 38.4 Å². The summed E-state index contributed by atoms with van der Waals surface area (Å²) < 4.78 is 1.66. The van der Waals surface area contributed by atoms with Gasteiger partial charge in [0.05, 0.1) is 0 Å². The molecule has 9 heteroatoms. The molecule has 3 rings (SSSR count). The van der Waals surface area contributed by atoms with E-state index in [-0.39, 0.29) is 35.9 Å². The highest BCUT2D eigenvalue weighted by Crippen LogP contribution is 2.19. The van der Waals surface area contributed by atoms with Crippen molar-refractivity contribution in [3.8, 4) is 0 Å². The van der Waals surface area contributed by atoms with Crippen LogP contribution in [0.3, 0.4) is 0 Å². The topological polar surface area (TPSA) is 90.8 Å². The first kappa shape index (κ1) is 28.4. The average molecular weight is 511 g/mol. The van der Waals surface area contributed by atoms with Gasteiger partial charge in [0, 0.05) is 57.8 Å². The van der Waals surface area contributed by atoms with Crippen molar-refractivity contribution >= 4 is 17.7 Å². The molecular formula is C28H42N6O3. The number of nitrogens with zero attached hydrogens (tertiary/aromatic N) is 5. The first-order valence-electron chi connectivity index (χ1n) is 13.6. The highest BCUT2D eigenvalue weighted by molar-refractivity contribution is 5.98. The number of fused-ring (bicyclic) bond motifs is 1. The van der Waals surface area contributed by atoms with Gasteiger partial charge in [0.25, 0.3) is 11.8 Å². The summed E-state index contributed by atoms with van der Waals surface area (Å²) in [6, 6.07) is 11.5. The van der Waals surface area contributed by atoms with Gasteiger partial charge in [-0.1, -0.05) is 51.1 Å². The molecule has 0 fully saturated rings. The lowest BCUT2D eigenvalue weighted by molar-refractivity contribution is -0.121. The molecule has 0 saturated carbocycles. The van der Waals surface area contributed by atoms with Gasteiger partial charge in [-0.3, -0.25) is 19.1 Å². The van der Waals surface area contributed by atoms with Gasteiger partial charge in [0.2, 0.25) is 5.91 Å². The lowest BCUT2D eigenvalue weighted by atomic mass is 10.1. The van der Waals surface area contributed by atoms with Crippen LogP contribution in [0.15, 0.2) is 36.4 Å². The fourth-order valence-electron chi connectivity index (χ4n) is 4.59. The Labute approximate surface area is 220 Å². The third-order valence-electron chi connectivity index (χ3n) is 7.13. The number of likely N-dealkylation sites (N-methyl/N-ethyl adjacent to an activating group) is 1. The van der Waals surface area contributed by atoms with Crippen LogP contribution in [0, 0.1) is 0 Å². The second kappa shape index (κ2) is 13.9. The van der Waals surface area contributed by atoms with Crippen molar-refractivity contribution in [3.63, 3.8) is 0 Å². The third kappa shape index (κ3) is 7.64. The molecule has 2 heterocycles. The van der Waals surface area contributed by atoms with Crippen LogP contribution in [0.25, 0.3) is 0 Å². The molecule has 1 aromatic carbocycles. The SMILES string of the molecule is CCC(C)N(CCC(=O)NCCN(CC)CC)C(=O)c1cc2n(n1)CCCN(Cc1ccccc1)C2=O. The molecule has 1 N–H and O–H groups in total. The summed E-state index contributed by atoms with van der Waals surface area (Å²) >= 11 is 0. The zero-order valence-corrected chi connectivity index (χ0v) is 22.8. The predicted octanol–water partition coefficient (Wildman–Crippen LogP) is 3.02. The number of aromatic nitrogens is 2. The van der Waals surface area contributed by atoms with Gasteiger partial charge in [-0.05, 0) is 38.4 Å². The van der Waals surface area contributed by atoms with Gasteiger partial charge in [0.1, 0.15) is 5.69 Å². The summed E-state index contributed by atoms with van der Waals surface area (Å²) in [7, 11) is 0. The minimum Gasteiger partial charge on any atom is -0.355 e. The number of carbonyl (C=O) groups excluding carboxylic acids is 3. The smallest absolute Gasteiger partial charge is 0.274 e. The predicted molar refractivity (Wildman–Crippen MR) is 144 cm³/mol. The number of carbonyl (C=O) groups is 3. The van der Waals surface area contributed by atoms with Crippen molar-refractivity contribution in [1.82, 2.24) is 29.8 Å². The van der Waals surface area contributed by atoms with E-state index in [9.17, 15) is 14.4 Å². The molecule has 202 valence electrons. The van der Waals surface area contributed by atoms with E-state index in [4.69, 9.17) is 0 Å². The van der Waals surface area contributed by atoms with Crippen molar-refractivity contribution in [2.24, 2.45) is 0 Å². The highest BCUT2D eigenvalue weighted by Gasteiger charge is 2.29. The number of hydrogen-bond donors (Lipinski definition) is 1. The Kier molecular flexibility index (Phi) is 10.7. The molecule has 3 amide bonds. The first-order chi connectivity index (χ1) is 17.9. The van der Waals surface area contributed by atoms with Crippen LogP contribution in [0.4, 0.5) is 0 Å². The molecule has 0 radical (unpaired) electrons. The number of nitrogens with one attached hydrogen (secondary N) is 1. The fraction of sp³-hybridized carbons (Fsp3) is 0.571. The molecule has 1 aliphatic heterocycles. The number of amides is 3. The Morgan fingerprint density at radius 2 is 1.81 bits per heavy atom. The summed E-state index contributed by atoms with van der Waals surface area (Å²) in [6.45, 7) is 13.5. The molecule has 2 aromatic rings. The van der Waals surface area contributed by atoms with Gasteiger partial charge in [0.15, 0.2) is 5.69 Å². The number of rotatable bonds is 13. The quantitative estimate of drug-likeness (QED) is 0.447. The van der Waals surface area contributed by atoms with E-state index < -0.39 is 0 Å². The number of aryl methyl sites for hydroxylation is 1. The maximum Gasteiger partial charge on any atom is 0.274 e. The molecule has 9 nitrogen and oxygen atoms in total. The van der Waals surface area contributed by atoms with E-state index >= 15 is 0 Å². The second-order valence-corrected chi connectivity index (χ2v) is 9.59. The Hall–Kier alpha value is -3.20. The van der Waals surface area contributed by atoms with E-state index in [1.165, 1.54) is 0 Å². The van der Waals surface area contributed by atoms with Crippen LogP contribution in [0.5, 0.6) is 0 Å². The third-order valence-corrected chi connectivity index (χ3v) is 7.13. The molecule has 0 aliphatic carbocycles. The normalized spacial score (nSPS) is 14.3. The zero-order chi connectivity index (χ0) is 26.8. The molecule has 1 atom stereocenters. The lowest BCUT2D eigenvalue weighted by Gasteiger charge is -2.28. The molecular weight excluding hydrogens is 468 g/mol. The van der Waals surface area contributed by atoms with Crippen LogP contribution in [-0.2, 0) is 17.9 Å². The maximum absolute atomic E-state index is 13.5. The van der Waals surface area contributed by atoms with Crippen LogP contribution >= 0.6 is 0 Å². The first-order valence-corrected chi connectivity index (χ1v) is 13.6. The summed E-state index contributed by atoms with van der Waals surface area (Å²) in [5, 5.41) is 7.49. The monoisotopic (exact) mass is 510 g/mol. The van der Waals surface area contributed by atoms with E-state index in [1.807, 2.05) is 49.1 Å². The largest absolute Gasteiger partial charge is 0.355 e. The molecule has 0 bridgehead atoms. The molecule has 1 aromatic heterocycles. The fourth-order valence-corrected chi connectivity index (χ4v) is 4.59. The molecule has 0 spiro atoms. The van der Waals surface area contributed by atoms with Crippen molar-refractivity contribution < 1.29 is 14.4 Å². The summed E-state index contributed by atoms with van der Waals surface area (Å²) in [4.78, 5) is 45.1. The Morgan fingerprint density at radius 3 is 2.49 bits per heavy atom. The van der Waals surface area contributed by atoms with Gasteiger partial charge < -0.3 is 20.0 Å². The molecule has 1 unspecified atom stereocenters.